The average molecular weight is 396 g/mol. The molecule has 0 spiro atoms. The van der Waals surface area contributed by atoms with Gasteiger partial charge in [0.15, 0.2) is 0 Å². The maximum absolute atomic E-state index is 12.1. The summed E-state index contributed by atoms with van der Waals surface area (Å²) in [5.41, 5.74) is 2.22. The lowest BCUT2D eigenvalue weighted by atomic mass is 10.1. The van der Waals surface area contributed by atoms with Gasteiger partial charge in [0.05, 0.1) is 6.42 Å². The maximum Gasteiger partial charge on any atom is 0.251 e. The molecule has 0 atom stereocenters. The number of hydrogen-bond acceptors (Lipinski definition) is 3. The van der Waals surface area contributed by atoms with Crippen LogP contribution in [0.5, 0.6) is 0 Å². The Morgan fingerprint density at radius 3 is 2.17 bits per heavy atom. The van der Waals surface area contributed by atoms with E-state index in [-0.39, 0.29) is 17.7 Å². The third kappa shape index (κ3) is 7.41. The van der Waals surface area contributed by atoms with Gasteiger partial charge in [0.25, 0.3) is 5.91 Å². The van der Waals surface area contributed by atoms with Crippen LogP contribution in [0.3, 0.4) is 0 Å². The molecule has 3 amide bonds. The van der Waals surface area contributed by atoms with Crippen LogP contribution >= 0.6 is 0 Å². The van der Waals surface area contributed by atoms with Crippen molar-refractivity contribution in [2.75, 3.05) is 25.0 Å². The Bertz CT molecular complexity index is 800. The molecular formula is C23H29N3O3. The predicted molar refractivity (Wildman–Crippen MR) is 115 cm³/mol. The van der Waals surface area contributed by atoms with Gasteiger partial charge in [-0.1, -0.05) is 30.3 Å². The molecule has 0 aliphatic heterocycles. The number of nitrogens with one attached hydrogen (secondary N) is 2. The number of anilines is 1. The van der Waals surface area contributed by atoms with Crippen molar-refractivity contribution in [2.45, 2.75) is 33.1 Å². The first-order valence-corrected chi connectivity index (χ1v) is 10.0. The van der Waals surface area contributed by atoms with Gasteiger partial charge in [-0.3, -0.25) is 14.4 Å². The Morgan fingerprint density at radius 1 is 0.897 bits per heavy atom. The molecule has 29 heavy (non-hydrogen) atoms. The Labute approximate surface area is 172 Å². The molecule has 6 heteroatoms. The van der Waals surface area contributed by atoms with Gasteiger partial charge in [0.2, 0.25) is 11.8 Å². The van der Waals surface area contributed by atoms with E-state index in [1.54, 1.807) is 29.2 Å². The molecule has 0 aliphatic carbocycles. The molecule has 2 aromatic carbocycles. The summed E-state index contributed by atoms with van der Waals surface area (Å²) in [4.78, 5) is 37.9. The van der Waals surface area contributed by atoms with Crippen LogP contribution in [0.2, 0.25) is 0 Å². The summed E-state index contributed by atoms with van der Waals surface area (Å²) >= 11 is 0. The van der Waals surface area contributed by atoms with Gasteiger partial charge in [-0.05, 0) is 50.1 Å². The van der Waals surface area contributed by atoms with E-state index in [0.717, 1.165) is 5.56 Å². The summed E-state index contributed by atoms with van der Waals surface area (Å²) in [6.07, 6.45) is 1.23. The van der Waals surface area contributed by atoms with E-state index in [1.165, 1.54) is 0 Å². The molecule has 0 saturated heterocycles. The standard InChI is InChI=1S/C23H29N3O3/c1-3-26(4-2)22(28)17-18-12-14-20(15-13-18)25-21(27)11-8-16-24-23(29)19-9-6-5-7-10-19/h5-7,9-10,12-15H,3-4,8,11,16-17H2,1-2H3,(H,24,29)(H,25,27). The van der Waals surface area contributed by atoms with Crippen LogP contribution in [0.15, 0.2) is 54.6 Å². The number of carbonyl (C=O) groups is 3. The van der Waals surface area contributed by atoms with Gasteiger partial charge in [0.1, 0.15) is 0 Å². The molecule has 154 valence electrons. The highest BCUT2D eigenvalue weighted by Gasteiger charge is 2.10. The van der Waals surface area contributed by atoms with Crippen molar-refractivity contribution in [1.29, 1.82) is 0 Å². The maximum atomic E-state index is 12.1. The first-order chi connectivity index (χ1) is 14.0. The summed E-state index contributed by atoms with van der Waals surface area (Å²) in [5, 5.41) is 5.65. The minimum absolute atomic E-state index is 0.101. The quantitative estimate of drug-likeness (QED) is 0.606. The highest BCUT2D eigenvalue weighted by molar-refractivity contribution is 5.94. The Morgan fingerprint density at radius 2 is 1.55 bits per heavy atom. The summed E-state index contributed by atoms with van der Waals surface area (Å²) in [6, 6.07) is 16.3. The molecule has 0 heterocycles. The number of likely N-dealkylation sites (N-methyl/N-ethyl adjacent to an activating group) is 1. The second-order valence-electron chi connectivity index (χ2n) is 6.71. The van der Waals surface area contributed by atoms with Crippen LogP contribution in [0.4, 0.5) is 5.69 Å². The molecule has 2 aromatic rings. The molecule has 0 bridgehead atoms. The topological polar surface area (TPSA) is 78.5 Å². The summed E-state index contributed by atoms with van der Waals surface area (Å²) in [6.45, 7) is 5.78. The lowest BCUT2D eigenvalue weighted by Crippen LogP contribution is -2.31. The van der Waals surface area contributed by atoms with E-state index >= 15 is 0 Å². The van der Waals surface area contributed by atoms with Crippen LogP contribution in [-0.2, 0) is 16.0 Å². The van der Waals surface area contributed by atoms with E-state index in [0.29, 0.717) is 50.1 Å². The number of rotatable bonds is 10. The first-order valence-electron chi connectivity index (χ1n) is 10.0. The van der Waals surface area contributed by atoms with E-state index in [4.69, 9.17) is 0 Å². The molecule has 0 fully saturated rings. The van der Waals surface area contributed by atoms with Crippen molar-refractivity contribution in [3.8, 4) is 0 Å². The van der Waals surface area contributed by atoms with Crippen LogP contribution < -0.4 is 10.6 Å². The van der Waals surface area contributed by atoms with Gasteiger partial charge < -0.3 is 15.5 Å². The fourth-order valence-corrected chi connectivity index (χ4v) is 2.93. The third-order valence-corrected chi connectivity index (χ3v) is 4.61. The summed E-state index contributed by atoms with van der Waals surface area (Å²) in [7, 11) is 0. The minimum Gasteiger partial charge on any atom is -0.352 e. The molecule has 6 nitrogen and oxygen atoms in total. The molecule has 0 aliphatic rings. The Hall–Kier alpha value is -3.15. The Balaban J connectivity index is 1.71. The number of hydrogen-bond donors (Lipinski definition) is 2. The number of nitrogens with zero attached hydrogens (tertiary/aromatic N) is 1. The van der Waals surface area contributed by atoms with Gasteiger partial charge in [-0.2, -0.15) is 0 Å². The third-order valence-electron chi connectivity index (χ3n) is 4.61. The van der Waals surface area contributed by atoms with Crippen LogP contribution in [-0.4, -0.2) is 42.3 Å². The Kier molecular flexibility index (Phi) is 8.89. The largest absolute Gasteiger partial charge is 0.352 e. The fraction of sp³-hybridized carbons (Fsp3) is 0.348. The molecule has 0 radical (unpaired) electrons. The van der Waals surface area contributed by atoms with Gasteiger partial charge in [-0.15, -0.1) is 0 Å². The van der Waals surface area contributed by atoms with E-state index in [1.807, 2.05) is 44.2 Å². The van der Waals surface area contributed by atoms with Crippen molar-refractivity contribution < 1.29 is 14.4 Å². The monoisotopic (exact) mass is 395 g/mol. The fourth-order valence-electron chi connectivity index (χ4n) is 2.93. The summed E-state index contributed by atoms with van der Waals surface area (Å²) in [5.74, 6) is -0.142. The molecular weight excluding hydrogens is 366 g/mol. The molecule has 0 unspecified atom stereocenters. The van der Waals surface area contributed by atoms with Crippen molar-refractivity contribution >= 4 is 23.4 Å². The SMILES string of the molecule is CCN(CC)C(=O)Cc1ccc(NC(=O)CCCNC(=O)c2ccccc2)cc1. The molecule has 2 rings (SSSR count). The van der Waals surface area contributed by atoms with Crippen molar-refractivity contribution in [2.24, 2.45) is 0 Å². The van der Waals surface area contributed by atoms with E-state index in [9.17, 15) is 14.4 Å². The van der Waals surface area contributed by atoms with Crippen molar-refractivity contribution in [3.05, 3.63) is 65.7 Å². The van der Waals surface area contributed by atoms with Crippen molar-refractivity contribution in [1.82, 2.24) is 10.2 Å². The highest BCUT2D eigenvalue weighted by Crippen LogP contribution is 2.12. The van der Waals surface area contributed by atoms with Gasteiger partial charge in [0, 0.05) is 37.3 Å². The zero-order valence-corrected chi connectivity index (χ0v) is 17.1. The second kappa shape index (κ2) is 11.6. The molecule has 0 saturated carbocycles. The number of carbonyl (C=O) groups excluding carboxylic acids is 3. The summed E-state index contributed by atoms with van der Waals surface area (Å²) < 4.78 is 0. The lowest BCUT2D eigenvalue weighted by Gasteiger charge is -2.18. The van der Waals surface area contributed by atoms with Crippen LogP contribution in [0.1, 0.15) is 42.6 Å². The zero-order valence-electron chi connectivity index (χ0n) is 17.1. The lowest BCUT2D eigenvalue weighted by molar-refractivity contribution is -0.130. The highest BCUT2D eigenvalue weighted by atomic mass is 16.2. The number of amides is 3. The molecule has 2 N–H and O–H groups in total. The average Bonchev–Trinajstić information content (AvgIpc) is 2.74. The van der Waals surface area contributed by atoms with Crippen LogP contribution in [0.25, 0.3) is 0 Å². The predicted octanol–water partition coefficient (Wildman–Crippen LogP) is 3.25. The minimum atomic E-state index is -0.138. The molecule has 0 aromatic heterocycles. The van der Waals surface area contributed by atoms with E-state index < -0.39 is 0 Å². The van der Waals surface area contributed by atoms with Gasteiger partial charge >= 0.3 is 0 Å². The van der Waals surface area contributed by atoms with Crippen molar-refractivity contribution in [3.63, 3.8) is 0 Å². The normalized spacial score (nSPS) is 10.3. The smallest absolute Gasteiger partial charge is 0.251 e. The number of benzene rings is 2. The second-order valence-corrected chi connectivity index (χ2v) is 6.71. The van der Waals surface area contributed by atoms with Gasteiger partial charge in [-0.25, -0.2) is 0 Å². The first kappa shape index (κ1) is 22.1. The zero-order chi connectivity index (χ0) is 21.1. The van der Waals surface area contributed by atoms with E-state index in [2.05, 4.69) is 10.6 Å². The van der Waals surface area contributed by atoms with Crippen LogP contribution in [0, 0.1) is 0 Å².